The molecule has 0 saturated carbocycles. The summed E-state index contributed by atoms with van der Waals surface area (Å²) in [4.78, 5) is 26.4. The van der Waals surface area contributed by atoms with Gasteiger partial charge in [-0.3, -0.25) is 0 Å². The summed E-state index contributed by atoms with van der Waals surface area (Å²) < 4.78 is 0. The highest BCUT2D eigenvalue weighted by molar-refractivity contribution is 5.89. The number of carboxylic acid groups (broad SMARTS) is 2. The van der Waals surface area contributed by atoms with Crippen LogP contribution in [0.4, 0.5) is 5.82 Å². The van der Waals surface area contributed by atoms with Crippen molar-refractivity contribution in [1.29, 1.82) is 0 Å². The van der Waals surface area contributed by atoms with Crippen molar-refractivity contribution >= 4 is 28.7 Å². The van der Waals surface area contributed by atoms with Crippen LogP contribution in [-0.4, -0.2) is 51.3 Å². The first kappa shape index (κ1) is 22.4. The van der Waals surface area contributed by atoms with Crippen LogP contribution in [0.25, 0.3) is 10.9 Å². The molecular weight excluding hydrogens is 370 g/mol. The number of aliphatic carboxylic acids is 2. The van der Waals surface area contributed by atoms with Gasteiger partial charge in [0.25, 0.3) is 0 Å². The van der Waals surface area contributed by atoms with Crippen LogP contribution in [0.3, 0.4) is 0 Å². The summed E-state index contributed by atoms with van der Waals surface area (Å²) in [6.45, 7) is 11.1. The van der Waals surface area contributed by atoms with Crippen LogP contribution in [0, 0.1) is 0 Å². The highest BCUT2D eigenvalue weighted by Gasteiger charge is 2.33. The Morgan fingerprint density at radius 1 is 1.00 bits per heavy atom. The molecule has 1 aliphatic heterocycles. The zero-order valence-corrected chi connectivity index (χ0v) is 17.3. The maximum absolute atomic E-state index is 9.55. The summed E-state index contributed by atoms with van der Waals surface area (Å²) in [5, 5.41) is 20.6. The maximum Gasteiger partial charge on any atom is 0.328 e. The van der Waals surface area contributed by atoms with Gasteiger partial charge in [-0.1, -0.05) is 18.2 Å². The molecule has 2 aromatic rings. The molecule has 29 heavy (non-hydrogen) atoms. The minimum absolute atomic E-state index is 0.0767. The first-order valence-electron chi connectivity index (χ1n) is 9.51. The highest BCUT2D eigenvalue weighted by Crippen LogP contribution is 2.25. The van der Waals surface area contributed by atoms with Crippen molar-refractivity contribution in [1.82, 2.24) is 10.3 Å². The number of hydrogen-bond acceptors (Lipinski definition) is 5. The molecule has 0 unspecified atom stereocenters. The van der Waals surface area contributed by atoms with Gasteiger partial charge in [-0.15, -0.1) is 0 Å². The fraction of sp³-hybridized carbons (Fsp3) is 0.409. The van der Waals surface area contributed by atoms with Gasteiger partial charge in [-0.2, -0.15) is 0 Å². The maximum atomic E-state index is 9.55. The highest BCUT2D eigenvalue weighted by atomic mass is 16.4. The van der Waals surface area contributed by atoms with Gasteiger partial charge in [0.2, 0.25) is 0 Å². The number of pyridine rings is 1. The average Bonchev–Trinajstić information content (AvgIpc) is 2.74. The Bertz CT molecular complexity index is 890. The van der Waals surface area contributed by atoms with Crippen molar-refractivity contribution in [3.8, 4) is 0 Å². The molecule has 0 atom stereocenters. The van der Waals surface area contributed by atoms with Crippen molar-refractivity contribution in [3.05, 3.63) is 48.6 Å². The van der Waals surface area contributed by atoms with Crippen molar-refractivity contribution in [2.45, 2.75) is 45.2 Å². The van der Waals surface area contributed by atoms with E-state index in [4.69, 9.17) is 15.2 Å². The van der Waals surface area contributed by atoms with Crippen LogP contribution >= 0.6 is 0 Å². The first-order chi connectivity index (χ1) is 13.5. The van der Waals surface area contributed by atoms with Crippen molar-refractivity contribution in [3.63, 3.8) is 0 Å². The second-order valence-electron chi connectivity index (χ2n) is 8.44. The third-order valence-electron chi connectivity index (χ3n) is 4.55. The molecule has 1 aromatic heterocycles. The molecule has 7 heteroatoms. The number of fused-ring (bicyclic) bond motifs is 1. The van der Waals surface area contributed by atoms with E-state index in [1.807, 2.05) is 0 Å². The van der Waals surface area contributed by atoms with Crippen LogP contribution in [0.15, 0.2) is 48.6 Å². The summed E-state index contributed by atoms with van der Waals surface area (Å²) in [6.07, 6.45) is 2.23. The van der Waals surface area contributed by atoms with Crippen LogP contribution in [0.1, 0.15) is 34.1 Å². The van der Waals surface area contributed by atoms with Gasteiger partial charge < -0.3 is 20.4 Å². The molecule has 1 fully saturated rings. The lowest BCUT2D eigenvalue weighted by Gasteiger charge is -2.35. The lowest BCUT2D eigenvalue weighted by molar-refractivity contribution is -0.134. The quantitative estimate of drug-likeness (QED) is 0.681. The smallest absolute Gasteiger partial charge is 0.328 e. The molecule has 2 heterocycles. The van der Waals surface area contributed by atoms with Gasteiger partial charge in [-0.25, -0.2) is 14.6 Å². The predicted molar refractivity (Wildman–Crippen MR) is 114 cm³/mol. The van der Waals surface area contributed by atoms with Crippen molar-refractivity contribution < 1.29 is 19.8 Å². The van der Waals surface area contributed by atoms with Gasteiger partial charge in [0.05, 0.1) is 5.52 Å². The predicted octanol–water partition coefficient (Wildman–Crippen LogP) is 3.30. The standard InChI is InChI=1S/C18H25N3.C4H4O4/c1-17(2)11-12-21(13-18(3,4)20-17)16-10-9-14-7-5-6-8-15(14)19-16;5-3(6)1-2-4(7)8/h5-10,20H,11-13H2,1-4H3;1-2H,(H,5,6)(H,7,8)/b;2-1+. The monoisotopic (exact) mass is 399 g/mol. The number of hydrogen-bond donors (Lipinski definition) is 3. The van der Waals surface area contributed by atoms with Crippen LogP contribution in [0.5, 0.6) is 0 Å². The molecule has 156 valence electrons. The molecule has 1 saturated heterocycles. The summed E-state index contributed by atoms with van der Waals surface area (Å²) in [5.41, 5.74) is 1.31. The minimum Gasteiger partial charge on any atom is -0.478 e. The van der Waals surface area contributed by atoms with Gasteiger partial charge in [0.1, 0.15) is 5.82 Å². The van der Waals surface area contributed by atoms with Gasteiger partial charge in [0.15, 0.2) is 0 Å². The van der Waals surface area contributed by atoms with Crippen LogP contribution in [0.2, 0.25) is 0 Å². The Morgan fingerprint density at radius 3 is 2.24 bits per heavy atom. The van der Waals surface area contributed by atoms with Crippen molar-refractivity contribution in [2.24, 2.45) is 0 Å². The molecule has 0 aliphatic carbocycles. The van der Waals surface area contributed by atoms with Crippen LogP contribution < -0.4 is 10.2 Å². The van der Waals surface area contributed by atoms with Gasteiger partial charge >= 0.3 is 11.9 Å². The van der Waals surface area contributed by atoms with Gasteiger partial charge in [0, 0.05) is 41.7 Å². The van der Waals surface area contributed by atoms with E-state index in [1.165, 1.54) is 5.39 Å². The first-order valence-corrected chi connectivity index (χ1v) is 9.51. The second-order valence-corrected chi connectivity index (χ2v) is 8.44. The Morgan fingerprint density at radius 2 is 1.62 bits per heavy atom. The van der Waals surface area contributed by atoms with E-state index in [1.54, 1.807) is 0 Å². The Kier molecular flexibility index (Phi) is 6.97. The number of nitrogens with one attached hydrogen (secondary N) is 1. The number of carbonyl (C=O) groups is 2. The van der Waals surface area contributed by atoms with E-state index in [2.05, 4.69) is 74.3 Å². The molecule has 7 nitrogen and oxygen atoms in total. The Labute approximate surface area is 171 Å². The normalized spacial score (nSPS) is 18.0. The largest absolute Gasteiger partial charge is 0.478 e. The van der Waals surface area contributed by atoms with E-state index in [9.17, 15) is 9.59 Å². The lowest BCUT2D eigenvalue weighted by Crippen LogP contribution is -2.53. The zero-order valence-electron chi connectivity index (χ0n) is 17.3. The number of anilines is 1. The minimum atomic E-state index is -1.26. The Balaban J connectivity index is 0.000000321. The molecule has 3 rings (SSSR count). The Hall–Kier alpha value is -2.93. The fourth-order valence-electron chi connectivity index (χ4n) is 3.56. The molecule has 3 N–H and O–H groups in total. The molecule has 1 aromatic carbocycles. The molecular formula is C22H29N3O4. The number of rotatable bonds is 3. The summed E-state index contributed by atoms with van der Waals surface area (Å²) in [6, 6.07) is 12.6. The number of nitrogens with zero attached hydrogens (tertiary/aromatic N) is 2. The second kappa shape index (κ2) is 9.05. The summed E-state index contributed by atoms with van der Waals surface area (Å²) in [7, 11) is 0. The number of benzene rings is 1. The van der Waals surface area contributed by atoms with Crippen molar-refractivity contribution in [2.75, 3.05) is 18.0 Å². The van der Waals surface area contributed by atoms with E-state index >= 15 is 0 Å². The average molecular weight is 399 g/mol. The van der Waals surface area contributed by atoms with E-state index in [0.29, 0.717) is 12.2 Å². The summed E-state index contributed by atoms with van der Waals surface area (Å²) in [5.74, 6) is -1.43. The summed E-state index contributed by atoms with van der Waals surface area (Å²) >= 11 is 0. The molecule has 0 spiro atoms. The lowest BCUT2D eigenvalue weighted by atomic mass is 9.96. The molecule has 0 amide bonds. The van der Waals surface area contributed by atoms with E-state index < -0.39 is 11.9 Å². The molecule has 1 aliphatic rings. The number of aromatic nitrogens is 1. The van der Waals surface area contributed by atoms with Gasteiger partial charge in [-0.05, 0) is 52.3 Å². The third kappa shape index (κ3) is 7.19. The van der Waals surface area contributed by atoms with Crippen LogP contribution in [-0.2, 0) is 9.59 Å². The molecule has 0 bridgehead atoms. The fourth-order valence-corrected chi connectivity index (χ4v) is 3.56. The van der Waals surface area contributed by atoms with E-state index in [0.717, 1.165) is 30.8 Å². The zero-order chi connectivity index (χ0) is 21.7. The van der Waals surface area contributed by atoms with E-state index in [-0.39, 0.29) is 11.1 Å². The third-order valence-corrected chi connectivity index (χ3v) is 4.55. The SMILES string of the molecule is CC1(C)CCN(c2ccc3ccccc3n2)CC(C)(C)N1.O=C(O)/C=C/C(=O)O. The topological polar surface area (TPSA) is 103 Å². The number of para-hydroxylation sites is 1. The number of carboxylic acids is 2. The molecule has 0 radical (unpaired) electrons.